The Kier molecular flexibility index (Phi) is 7.00. The van der Waals surface area contributed by atoms with E-state index in [0.29, 0.717) is 46.5 Å². The first-order chi connectivity index (χ1) is 17.5. The second-order valence-electron chi connectivity index (χ2n) is 8.99. The molecule has 8 heteroatoms. The summed E-state index contributed by atoms with van der Waals surface area (Å²) in [5, 5.41) is 13.5. The summed E-state index contributed by atoms with van der Waals surface area (Å²) in [6.07, 6.45) is 3.94. The number of carbonyl (C=O) groups excluding carboxylic acids is 2. The minimum atomic E-state index is -0.979. The van der Waals surface area contributed by atoms with Crippen LogP contribution in [-0.2, 0) is 4.79 Å². The highest BCUT2D eigenvalue weighted by Crippen LogP contribution is 2.35. The molecular weight excluding hydrogens is 480 g/mol. The normalized spacial score (nSPS) is 15.8. The molecule has 2 amide bonds. The zero-order valence-electron chi connectivity index (χ0n) is 19.7. The van der Waals surface area contributed by atoms with Gasteiger partial charge in [-0.15, -0.1) is 0 Å². The van der Waals surface area contributed by atoms with E-state index in [0.717, 1.165) is 25.7 Å². The second kappa shape index (κ2) is 10.5. The number of benzene rings is 3. The predicted molar refractivity (Wildman–Crippen MR) is 137 cm³/mol. The first-order valence-electron chi connectivity index (χ1n) is 12.1. The molecule has 1 aliphatic carbocycles. The Balaban J connectivity index is 1.59. The summed E-state index contributed by atoms with van der Waals surface area (Å²) in [4.78, 5) is 29.4. The van der Waals surface area contributed by atoms with Gasteiger partial charge in [0.05, 0.1) is 0 Å². The Bertz CT molecular complexity index is 1240. The number of aromatic hydroxyl groups is 1. The van der Waals surface area contributed by atoms with Crippen molar-refractivity contribution in [1.82, 2.24) is 5.32 Å². The van der Waals surface area contributed by atoms with Gasteiger partial charge in [0.25, 0.3) is 5.91 Å². The molecule has 1 aliphatic heterocycles. The zero-order valence-corrected chi connectivity index (χ0v) is 20.4. The molecule has 3 aromatic rings. The Morgan fingerprint density at radius 2 is 1.58 bits per heavy atom. The van der Waals surface area contributed by atoms with Crippen molar-refractivity contribution in [3.63, 3.8) is 0 Å². The molecule has 186 valence electrons. The lowest BCUT2D eigenvalue weighted by Crippen LogP contribution is -2.46. The van der Waals surface area contributed by atoms with Crippen molar-refractivity contribution in [3.8, 4) is 17.2 Å². The van der Waals surface area contributed by atoms with Gasteiger partial charge in [0.1, 0.15) is 25.0 Å². The van der Waals surface area contributed by atoms with Crippen LogP contribution in [-0.4, -0.2) is 36.2 Å². The molecule has 0 radical (unpaired) electrons. The van der Waals surface area contributed by atoms with E-state index in [4.69, 9.17) is 21.1 Å². The zero-order chi connectivity index (χ0) is 25.1. The number of amides is 2. The molecule has 7 nitrogen and oxygen atoms in total. The number of rotatable bonds is 6. The number of nitrogens with zero attached hydrogens (tertiary/aromatic N) is 1. The van der Waals surface area contributed by atoms with Gasteiger partial charge in [-0.05, 0) is 73.0 Å². The predicted octanol–water partition coefficient (Wildman–Crippen LogP) is 5.26. The molecule has 0 saturated heterocycles. The number of phenolic OH excluding ortho intramolecular Hbond substituents is 1. The van der Waals surface area contributed by atoms with Gasteiger partial charge in [0, 0.05) is 22.3 Å². The summed E-state index contributed by atoms with van der Waals surface area (Å²) in [5.74, 6) is 0.469. The lowest BCUT2D eigenvalue weighted by atomic mass is 10.0. The van der Waals surface area contributed by atoms with E-state index in [1.165, 1.54) is 17.0 Å². The first kappa shape index (κ1) is 24.0. The van der Waals surface area contributed by atoms with Crippen LogP contribution < -0.4 is 19.7 Å². The quantitative estimate of drug-likeness (QED) is 0.476. The van der Waals surface area contributed by atoms with Crippen molar-refractivity contribution in [2.24, 2.45) is 0 Å². The van der Waals surface area contributed by atoms with Gasteiger partial charge < -0.3 is 19.9 Å². The molecular formula is C28H27ClN2O5. The summed E-state index contributed by atoms with van der Waals surface area (Å²) >= 11 is 6.14. The van der Waals surface area contributed by atoms with E-state index in [2.05, 4.69) is 5.32 Å². The number of halogens is 1. The van der Waals surface area contributed by atoms with Gasteiger partial charge in [-0.2, -0.15) is 0 Å². The van der Waals surface area contributed by atoms with Crippen molar-refractivity contribution in [1.29, 1.82) is 0 Å². The van der Waals surface area contributed by atoms with Crippen LogP contribution in [0.25, 0.3) is 0 Å². The van der Waals surface area contributed by atoms with Gasteiger partial charge in [-0.3, -0.25) is 14.5 Å². The maximum Gasteiger partial charge on any atom is 0.259 e. The van der Waals surface area contributed by atoms with Crippen LogP contribution in [0.2, 0.25) is 5.02 Å². The Morgan fingerprint density at radius 3 is 2.28 bits per heavy atom. The van der Waals surface area contributed by atoms with E-state index in [1.54, 1.807) is 54.6 Å². The summed E-state index contributed by atoms with van der Waals surface area (Å²) in [5.41, 5.74) is 1.44. The fraction of sp³-hybridized carbons (Fsp3) is 0.286. The van der Waals surface area contributed by atoms with E-state index in [1.807, 2.05) is 0 Å². The van der Waals surface area contributed by atoms with E-state index < -0.39 is 6.04 Å². The Hall–Kier alpha value is -3.71. The maximum atomic E-state index is 14.1. The van der Waals surface area contributed by atoms with Crippen molar-refractivity contribution in [2.45, 2.75) is 37.8 Å². The lowest BCUT2D eigenvalue weighted by molar-refractivity contribution is -0.123. The third kappa shape index (κ3) is 5.11. The fourth-order valence-electron chi connectivity index (χ4n) is 4.73. The molecule has 36 heavy (non-hydrogen) atoms. The number of nitrogens with one attached hydrogen (secondary N) is 1. The number of anilines is 1. The molecule has 0 aromatic heterocycles. The highest BCUT2D eigenvalue weighted by Gasteiger charge is 2.35. The minimum Gasteiger partial charge on any atom is -0.508 e. The van der Waals surface area contributed by atoms with Crippen molar-refractivity contribution in [2.75, 3.05) is 18.1 Å². The number of hydrogen-bond donors (Lipinski definition) is 2. The molecule has 1 saturated carbocycles. The molecule has 0 spiro atoms. The molecule has 0 unspecified atom stereocenters. The lowest BCUT2D eigenvalue weighted by Gasteiger charge is -2.32. The average molecular weight is 507 g/mol. The molecule has 1 fully saturated rings. The summed E-state index contributed by atoms with van der Waals surface area (Å²) < 4.78 is 11.3. The maximum absolute atomic E-state index is 14.1. The topological polar surface area (TPSA) is 88.1 Å². The smallest absolute Gasteiger partial charge is 0.259 e. The molecule has 0 bridgehead atoms. The van der Waals surface area contributed by atoms with Crippen LogP contribution in [0.4, 0.5) is 5.69 Å². The number of carbonyl (C=O) groups is 2. The van der Waals surface area contributed by atoms with Gasteiger partial charge in [0.15, 0.2) is 11.5 Å². The Morgan fingerprint density at radius 1 is 0.917 bits per heavy atom. The first-order valence-corrected chi connectivity index (χ1v) is 12.5. The minimum absolute atomic E-state index is 0.0635. The van der Waals surface area contributed by atoms with Crippen LogP contribution >= 0.6 is 11.6 Å². The SMILES string of the molecule is O=C(NC1CCCC1)[C@H](c1ccc(O)cc1)N(C(=O)c1ccc2c(c1)OCCO2)c1ccc(Cl)cc1. The van der Waals surface area contributed by atoms with Crippen LogP contribution in [0.1, 0.15) is 47.6 Å². The third-order valence-electron chi connectivity index (χ3n) is 6.53. The van der Waals surface area contributed by atoms with Crippen LogP contribution in [0.15, 0.2) is 66.7 Å². The third-order valence-corrected chi connectivity index (χ3v) is 6.78. The van der Waals surface area contributed by atoms with Crippen LogP contribution in [0.3, 0.4) is 0 Å². The van der Waals surface area contributed by atoms with Gasteiger partial charge in [-0.1, -0.05) is 36.6 Å². The van der Waals surface area contributed by atoms with Crippen molar-refractivity contribution < 1.29 is 24.2 Å². The second-order valence-corrected chi connectivity index (χ2v) is 9.43. The van der Waals surface area contributed by atoms with E-state index >= 15 is 0 Å². The largest absolute Gasteiger partial charge is 0.508 e. The molecule has 1 atom stereocenters. The number of fused-ring (bicyclic) bond motifs is 1. The number of hydrogen-bond acceptors (Lipinski definition) is 5. The fourth-order valence-corrected chi connectivity index (χ4v) is 4.85. The highest BCUT2D eigenvalue weighted by molar-refractivity contribution is 6.30. The van der Waals surface area contributed by atoms with E-state index in [-0.39, 0.29) is 23.6 Å². The monoisotopic (exact) mass is 506 g/mol. The van der Waals surface area contributed by atoms with Crippen molar-refractivity contribution in [3.05, 3.63) is 82.9 Å². The molecule has 2 aliphatic rings. The van der Waals surface area contributed by atoms with Gasteiger partial charge >= 0.3 is 0 Å². The summed E-state index contributed by atoms with van der Waals surface area (Å²) in [7, 11) is 0. The standard InChI is InChI=1S/C28H27ClN2O5/c29-20-8-10-22(11-9-20)31(28(34)19-7-14-24-25(17-19)36-16-15-35-24)26(18-5-12-23(32)13-6-18)27(33)30-21-3-1-2-4-21/h5-14,17,21,26,32H,1-4,15-16H2,(H,30,33)/t26-/m0/s1. The number of ether oxygens (including phenoxy) is 2. The molecule has 1 heterocycles. The van der Waals surface area contributed by atoms with Gasteiger partial charge in [0.2, 0.25) is 5.91 Å². The van der Waals surface area contributed by atoms with Crippen molar-refractivity contribution >= 4 is 29.1 Å². The van der Waals surface area contributed by atoms with Gasteiger partial charge in [-0.25, -0.2) is 0 Å². The van der Waals surface area contributed by atoms with Crippen LogP contribution in [0, 0.1) is 0 Å². The molecule has 3 aromatic carbocycles. The highest BCUT2D eigenvalue weighted by atomic mass is 35.5. The average Bonchev–Trinajstić information content (AvgIpc) is 3.41. The number of phenols is 1. The van der Waals surface area contributed by atoms with Crippen LogP contribution in [0.5, 0.6) is 17.2 Å². The van der Waals surface area contributed by atoms with E-state index in [9.17, 15) is 14.7 Å². The molecule has 5 rings (SSSR count). The molecule has 2 N–H and O–H groups in total. The summed E-state index contributed by atoms with van der Waals surface area (Å²) in [6, 6.07) is 17.3. The Labute approximate surface area is 214 Å². The summed E-state index contributed by atoms with van der Waals surface area (Å²) in [6.45, 7) is 0.840.